The highest BCUT2D eigenvalue weighted by molar-refractivity contribution is 5.64. The van der Waals surface area contributed by atoms with Crippen molar-refractivity contribution in [1.82, 2.24) is 4.57 Å². The topological polar surface area (TPSA) is 52.5 Å². The minimum Gasteiger partial charge on any atom is -0.323 e. The predicted molar refractivity (Wildman–Crippen MR) is 80.6 cm³/mol. The van der Waals surface area contributed by atoms with Crippen LogP contribution in [0.5, 0.6) is 0 Å². The van der Waals surface area contributed by atoms with Crippen molar-refractivity contribution in [2.45, 2.75) is 0 Å². The van der Waals surface area contributed by atoms with Crippen LogP contribution in [0.3, 0.4) is 0 Å². The van der Waals surface area contributed by atoms with Gasteiger partial charge in [0, 0.05) is 18.1 Å². The second kappa shape index (κ2) is 5.36. The maximum absolute atomic E-state index is 8.82. The molecule has 3 nitrogen and oxygen atoms in total. The van der Waals surface area contributed by atoms with Gasteiger partial charge in [-0.05, 0) is 53.6 Å². The third-order valence-electron chi connectivity index (χ3n) is 3.33. The molecule has 0 fully saturated rings. The predicted octanol–water partition coefficient (Wildman–Crippen LogP) is 3.89. The Morgan fingerprint density at radius 2 is 1.24 bits per heavy atom. The highest BCUT2D eigenvalue weighted by atomic mass is 14.9. The number of rotatable bonds is 2. The van der Waals surface area contributed by atoms with Gasteiger partial charge in [-0.1, -0.05) is 12.1 Å². The second-order valence-corrected chi connectivity index (χ2v) is 4.66. The number of nitrogens with zero attached hydrogens (tertiary/aromatic N) is 3. The summed E-state index contributed by atoms with van der Waals surface area (Å²) in [4.78, 5) is 0. The monoisotopic (exact) mass is 269 g/mol. The average molecular weight is 269 g/mol. The van der Waals surface area contributed by atoms with Gasteiger partial charge in [-0.15, -0.1) is 0 Å². The molecule has 0 N–H and O–H groups in total. The first-order chi connectivity index (χ1) is 10.3. The molecule has 0 atom stereocenters. The minimum atomic E-state index is 0.651. The lowest BCUT2D eigenvalue weighted by molar-refractivity contribution is 1.08. The van der Waals surface area contributed by atoms with Gasteiger partial charge in [-0.3, -0.25) is 0 Å². The zero-order valence-corrected chi connectivity index (χ0v) is 11.2. The van der Waals surface area contributed by atoms with Gasteiger partial charge in [0.1, 0.15) is 0 Å². The molecular weight excluding hydrogens is 258 g/mol. The summed E-state index contributed by atoms with van der Waals surface area (Å²) in [6, 6.07) is 21.2. The molecule has 21 heavy (non-hydrogen) atoms. The summed E-state index contributed by atoms with van der Waals surface area (Å²) in [5.41, 5.74) is 4.47. The van der Waals surface area contributed by atoms with E-state index in [0.717, 1.165) is 16.8 Å². The normalized spacial score (nSPS) is 9.81. The highest BCUT2D eigenvalue weighted by Crippen LogP contribution is 2.22. The standard InChI is InChI=1S/C18H11N3/c19-11-14-1-5-16(6-2-14)17-9-10-21(13-17)18-7-3-15(12-20)4-8-18/h1-10,13H. The molecule has 1 heterocycles. The Labute approximate surface area is 122 Å². The van der Waals surface area contributed by atoms with Gasteiger partial charge in [0.05, 0.1) is 23.3 Å². The molecule has 0 saturated heterocycles. The zero-order valence-electron chi connectivity index (χ0n) is 11.2. The lowest BCUT2D eigenvalue weighted by Gasteiger charge is -2.02. The van der Waals surface area contributed by atoms with Gasteiger partial charge in [-0.2, -0.15) is 10.5 Å². The Balaban J connectivity index is 1.92. The van der Waals surface area contributed by atoms with Crippen molar-refractivity contribution in [2.24, 2.45) is 0 Å². The molecule has 0 amide bonds. The van der Waals surface area contributed by atoms with Crippen LogP contribution >= 0.6 is 0 Å². The number of nitriles is 2. The Hall–Kier alpha value is -3.30. The first-order valence-corrected chi connectivity index (χ1v) is 6.49. The van der Waals surface area contributed by atoms with Crippen LogP contribution in [0.25, 0.3) is 16.8 Å². The average Bonchev–Trinajstić information content (AvgIpc) is 3.05. The van der Waals surface area contributed by atoms with Gasteiger partial charge in [0.25, 0.3) is 0 Å². The number of hydrogen-bond donors (Lipinski definition) is 0. The van der Waals surface area contributed by atoms with Crippen molar-refractivity contribution in [3.05, 3.63) is 78.1 Å². The molecule has 1 aromatic heterocycles. The van der Waals surface area contributed by atoms with E-state index in [0.29, 0.717) is 11.1 Å². The Bertz CT molecular complexity index is 769. The first kappa shape index (κ1) is 12.7. The van der Waals surface area contributed by atoms with Crippen LogP contribution in [0, 0.1) is 22.7 Å². The third kappa shape index (κ3) is 2.54. The molecule has 0 radical (unpaired) electrons. The fourth-order valence-electron chi connectivity index (χ4n) is 2.17. The summed E-state index contributed by atoms with van der Waals surface area (Å²) >= 11 is 0. The van der Waals surface area contributed by atoms with Crippen molar-refractivity contribution in [3.8, 4) is 29.0 Å². The van der Waals surface area contributed by atoms with Crippen LogP contribution in [0.15, 0.2) is 67.0 Å². The van der Waals surface area contributed by atoms with E-state index in [2.05, 4.69) is 12.1 Å². The third-order valence-corrected chi connectivity index (χ3v) is 3.33. The molecule has 0 aliphatic carbocycles. The quantitative estimate of drug-likeness (QED) is 0.708. The largest absolute Gasteiger partial charge is 0.323 e. The SMILES string of the molecule is N#Cc1ccc(-c2ccn(-c3ccc(C#N)cc3)c2)cc1. The van der Waals surface area contributed by atoms with Crippen molar-refractivity contribution < 1.29 is 0 Å². The molecule has 3 aromatic rings. The van der Waals surface area contributed by atoms with Crippen LogP contribution in [0.4, 0.5) is 0 Å². The molecule has 3 rings (SSSR count). The number of aromatic nitrogens is 1. The summed E-state index contributed by atoms with van der Waals surface area (Å²) in [6.45, 7) is 0. The van der Waals surface area contributed by atoms with Crippen molar-refractivity contribution in [2.75, 3.05) is 0 Å². The lowest BCUT2D eigenvalue weighted by atomic mass is 10.1. The molecule has 0 unspecified atom stereocenters. The molecule has 0 saturated carbocycles. The summed E-state index contributed by atoms with van der Waals surface area (Å²) in [5.74, 6) is 0. The first-order valence-electron chi connectivity index (χ1n) is 6.49. The Morgan fingerprint density at radius 3 is 1.81 bits per heavy atom. The Kier molecular flexibility index (Phi) is 3.25. The summed E-state index contributed by atoms with van der Waals surface area (Å²) < 4.78 is 2.01. The van der Waals surface area contributed by atoms with Crippen LogP contribution < -0.4 is 0 Å². The van der Waals surface area contributed by atoms with Gasteiger partial charge >= 0.3 is 0 Å². The summed E-state index contributed by atoms with van der Waals surface area (Å²) in [7, 11) is 0. The minimum absolute atomic E-state index is 0.651. The van der Waals surface area contributed by atoms with E-state index < -0.39 is 0 Å². The number of hydrogen-bond acceptors (Lipinski definition) is 2. The van der Waals surface area contributed by atoms with Crippen LogP contribution in [-0.2, 0) is 0 Å². The Morgan fingerprint density at radius 1 is 0.667 bits per heavy atom. The van der Waals surface area contributed by atoms with Crippen molar-refractivity contribution in [1.29, 1.82) is 10.5 Å². The van der Waals surface area contributed by atoms with E-state index >= 15 is 0 Å². The van der Waals surface area contributed by atoms with Gasteiger partial charge in [0.15, 0.2) is 0 Å². The smallest absolute Gasteiger partial charge is 0.0991 e. The van der Waals surface area contributed by atoms with Crippen molar-refractivity contribution in [3.63, 3.8) is 0 Å². The highest BCUT2D eigenvalue weighted by Gasteiger charge is 2.02. The molecule has 98 valence electrons. The van der Waals surface area contributed by atoms with Gasteiger partial charge in [-0.25, -0.2) is 0 Å². The summed E-state index contributed by atoms with van der Waals surface area (Å²) in [6.07, 6.45) is 4.01. The summed E-state index contributed by atoms with van der Waals surface area (Å²) in [5, 5.41) is 17.6. The van der Waals surface area contributed by atoms with Gasteiger partial charge < -0.3 is 4.57 Å². The van der Waals surface area contributed by atoms with E-state index in [1.165, 1.54) is 0 Å². The van der Waals surface area contributed by atoms with Crippen LogP contribution in [-0.4, -0.2) is 4.57 Å². The molecular formula is C18H11N3. The molecule has 2 aromatic carbocycles. The molecule has 0 aliphatic heterocycles. The molecule has 0 bridgehead atoms. The fraction of sp³-hybridized carbons (Fsp3) is 0. The second-order valence-electron chi connectivity index (χ2n) is 4.66. The molecule has 3 heteroatoms. The lowest BCUT2D eigenvalue weighted by Crippen LogP contribution is -1.89. The van der Waals surface area contributed by atoms with E-state index in [4.69, 9.17) is 10.5 Å². The van der Waals surface area contributed by atoms with E-state index in [1.54, 1.807) is 12.1 Å². The maximum Gasteiger partial charge on any atom is 0.0991 e. The zero-order chi connectivity index (χ0) is 14.7. The van der Waals surface area contributed by atoms with Crippen LogP contribution in [0.1, 0.15) is 11.1 Å². The van der Waals surface area contributed by atoms with Crippen molar-refractivity contribution >= 4 is 0 Å². The fourth-order valence-corrected chi connectivity index (χ4v) is 2.17. The van der Waals surface area contributed by atoms with E-state index in [-0.39, 0.29) is 0 Å². The van der Waals surface area contributed by atoms with Crippen LogP contribution in [0.2, 0.25) is 0 Å². The van der Waals surface area contributed by atoms with E-state index in [1.807, 2.05) is 59.4 Å². The van der Waals surface area contributed by atoms with Gasteiger partial charge in [0.2, 0.25) is 0 Å². The molecule has 0 aliphatic rings. The maximum atomic E-state index is 8.82. The van der Waals surface area contributed by atoms with E-state index in [9.17, 15) is 0 Å². The molecule has 0 spiro atoms. The number of benzene rings is 2.